The number of rotatable bonds is 15. The molecule has 4 nitrogen and oxygen atoms in total. The van der Waals surface area contributed by atoms with Gasteiger partial charge in [-0.2, -0.15) is 8.42 Å². The average Bonchev–Trinajstić information content (AvgIpc) is 2.46. The molecular formula is C18H39NaO4S. The first-order valence-corrected chi connectivity index (χ1v) is 10.6. The molecule has 0 aromatic rings. The first-order chi connectivity index (χ1) is 10.9. The minimum atomic E-state index is -4.67. The van der Waals surface area contributed by atoms with Crippen molar-refractivity contribution in [1.29, 1.82) is 0 Å². The second-order valence-corrected chi connectivity index (χ2v) is 7.02. The van der Waals surface area contributed by atoms with Crippen molar-refractivity contribution in [2.45, 2.75) is 103 Å². The van der Waals surface area contributed by atoms with Crippen molar-refractivity contribution in [3.05, 3.63) is 12.7 Å². The maximum Gasteiger partial charge on any atom is 1.00 e. The normalized spacial score (nSPS) is 10.5. The maximum atomic E-state index is 8.74. The summed E-state index contributed by atoms with van der Waals surface area (Å²) < 4.78 is 31.6. The van der Waals surface area contributed by atoms with Crippen molar-refractivity contribution in [1.82, 2.24) is 0 Å². The van der Waals surface area contributed by atoms with Crippen molar-refractivity contribution in [2.24, 2.45) is 0 Å². The molecule has 0 aromatic heterocycles. The van der Waals surface area contributed by atoms with Crippen molar-refractivity contribution >= 4 is 10.4 Å². The smallest absolute Gasteiger partial charge is 1.00 e. The third kappa shape index (κ3) is 43.3. The Labute approximate surface area is 174 Å². The van der Waals surface area contributed by atoms with E-state index >= 15 is 0 Å². The van der Waals surface area contributed by atoms with E-state index in [1.54, 1.807) is 0 Å². The Bertz CT molecular complexity index is 330. The fourth-order valence-corrected chi connectivity index (χ4v) is 2.48. The van der Waals surface area contributed by atoms with Gasteiger partial charge in [0.1, 0.15) is 0 Å². The van der Waals surface area contributed by atoms with Gasteiger partial charge in [0.05, 0.1) is 0 Å². The molecule has 0 aliphatic heterocycles. The van der Waals surface area contributed by atoms with Crippen LogP contribution in [-0.4, -0.2) is 17.5 Å². The van der Waals surface area contributed by atoms with E-state index in [9.17, 15) is 0 Å². The average molecular weight is 375 g/mol. The molecule has 6 heteroatoms. The molecule has 0 aliphatic carbocycles. The van der Waals surface area contributed by atoms with E-state index in [0.29, 0.717) is 0 Å². The maximum absolute atomic E-state index is 8.74. The number of hydrogen-bond donors (Lipinski definition) is 2. The van der Waals surface area contributed by atoms with Gasteiger partial charge in [0, 0.05) is 0 Å². The molecule has 0 fully saturated rings. The number of allylic oxidation sites excluding steroid dienone is 1. The van der Waals surface area contributed by atoms with Crippen molar-refractivity contribution in [3.63, 3.8) is 0 Å². The van der Waals surface area contributed by atoms with E-state index in [-0.39, 0.29) is 31.0 Å². The summed E-state index contributed by atoms with van der Waals surface area (Å²) in [5.41, 5.74) is 0. The van der Waals surface area contributed by atoms with Crippen LogP contribution in [-0.2, 0) is 10.4 Å². The van der Waals surface area contributed by atoms with Gasteiger partial charge in [0.25, 0.3) is 0 Å². The van der Waals surface area contributed by atoms with Gasteiger partial charge in [-0.25, -0.2) is 0 Å². The molecule has 0 heterocycles. The standard InChI is InChI=1S/C18H36.Na.H2O4S.H/c1-3-5-7-9-11-13-15-17-18-16-14-12-10-8-6-4-2;;1-5(2,3)4;/h3H,1,4-18H2,2H3;;(H2,1,2,3,4);/q;+1;;-1. The molecule has 0 spiro atoms. The minimum absolute atomic E-state index is 0. The molecule has 2 N–H and O–H groups in total. The summed E-state index contributed by atoms with van der Waals surface area (Å²) in [5.74, 6) is 0. The predicted molar refractivity (Wildman–Crippen MR) is 100 cm³/mol. The second kappa shape index (κ2) is 23.6. The summed E-state index contributed by atoms with van der Waals surface area (Å²) in [6.45, 7) is 6.05. The SMILES string of the molecule is C=CCCCCCCCCCCCCCCCC.O=S(=O)(O)O.[H-].[Na+]. The molecule has 0 atom stereocenters. The van der Waals surface area contributed by atoms with Crippen LogP contribution < -0.4 is 29.6 Å². The zero-order valence-corrected chi connectivity index (χ0v) is 18.8. The van der Waals surface area contributed by atoms with E-state index in [1.165, 1.54) is 96.3 Å². The largest absolute Gasteiger partial charge is 1.00 e. The topological polar surface area (TPSA) is 74.6 Å². The van der Waals surface area contributed by atoms with Gasteiger partial charge in [-0.1, -0.05) is 96.5 Å². The zero-order chi connectivity index (χ0) is 17.8. The van der Waals surface area contributed by atoms with Crippen molar-refractivity contribution in [3.8, 4) is 0 Å². The summed E-state index contributed by atoms with van der Waals surface area (Å²) in [7, 11) is -4.67. The molecule has 0 saturated heterocycles. The van der Waals surface area contributed by atoms with Crippen LogP contribution in [0.1, 0.15) is 105 Å². The van der Waals surface area contributed by atoms with E-state index < -0.39 is 10.4 Å². The summed E-state index contributed by atoms with van der Waals surface area (Å²) in [4.78, 5) is 0. The van der Waals surface area contributed by atoms with Gasteiger partial charge < -0.3 is 1.43 Å². The Morgan fingerprint density at radius 1 is 0.750 bits per heavy atom. The van der Waals surface area contributed by atoms with Gasteiger partial charge in [0.15, 0.2) is 0 Å². The molecule has 0 unspecified atom stereocenters. The zero-order valence-electron chi connectivity index (χ0n) is 17.0. The summed E-state index contributed by atoms with van der Waals surface area (Å²) in [6, 6.07) is 0. The Hall–Kier alpha value is 0.610. The second-order valence-electron chi connectivity index (χ2n) is 6.12. The van der Waals surface area contributed by atoms with Crippen LogP contribution >= 0.6 is 0 Å². The predicted octanol–water partition coefficient (Wildman–Crippen LogP) is 3.51. The van der Waals surface area contributed by atoms with Gasteiger partial charge in [-0.15, -0.1) is 6.58 Å². The molecule has 24 heavy (non-hydrogen) atoms. The molecular weight excluding hydrogens is 335 g/mol. The Balaban J connectivity index is -0.000000276. The Kier molecular flexibility index (Phi) is 28.9. The van der Waals surface area contributed by atoms with Gasteiger partial charge in [-0.05, 0) is 12.8 Å². The molecule has 0 bridgehead atoms. The fourth-order valence-electron chi connectivity index (χ4n) is 2.48. The van der Waals surface area contributed by atoms with Gasteiger partial charge in [-0.3, -0.25) is 9.11 Å². The van der Waals surface area contributed by atoms with E-state index in [2.05, 4.69) is 13.5 Å². The molecule has 0 amide bonds. The van der Waals surface area contributed by atoms with E-state index in [0.717, 1.165) is 0 Å². The molecule has 0 radical (unpaired) electrons. The van der Waals surface area contributed by atoms with E-state index in [1.807, 2.05) is 6.08 Å². The summed E-state index contributed by atoms with van der Waals surface area (Å²) in [6.07, 6.45) is 23.5. The number of unbranched alkanes of at least 4 members (excludes halogenated alkanes) is 14. The van der Waals surface area contributed by atoms with Gasteiger partial charge >= 0.3 is 40.0 Å². The van der Waals surface area contributed by atoms with E-state index in [4.69, 9.17) is 17.5 Å². The number of hydrogen-bond acceptors (Lipinski definition) is 2. The molecule has 0 aliphatic rings. The summed E-state index contributed by atoms with van der Waals surface area (Å²) in [5, 5.41) is 0. The molecule has 0 rings (SSSR count). The quantitative estimate of drug-likeness (QED) is 0.199. The first kappa shape index (κ1) is 29.4. The first-order valence-electron chi connectivity index (χ1n) is 9.22. The van der Waals surface area contributed by atoms with Crippen molar-refractivity contribution in [2.75, 3.05) is 0 Å². The Morgan fingerprint density at radius 3 is 1.25 bits per heavy atom. The summed E-state index contributed by atoms with van der Waals surface area (Å²) >= 11 is 0. The van der Waals surface area contributed by atoms with Crippen LogP contribution in [0.4, 0.5) is 0 Å². The minimum Gasteiger partial charge on any atom is -1.00 e. The van der Waals surface area contributed by atoms with Crippen LogP contribution in [0.2, 0.25) is 0 Å². The fraction of sp³-hybridized carbons (Fsp3) is 0.889. The van der Waals surface area contributed by atoms with Crippen LogP contribution in [0, 0.1) is 0 Å². The van der Waals surface area contributed by atoms with Crippen LogP contribution in [0.3, 0.4) is 0 Å². The monoisotopic (exact) mass is 374 g/mol. The molecule has 0 aromatic carbocycles. The van der Waals surface area contributed by atoms with Crippen molar-refractivity contribution < 1.29 is 48.5 Å². The van der Waals surface area contributed by atoms with Crippen LogP contribution in [0.5, 0.6) is 0 Å². The third-order valence-electron chi connectivity index (χ3n) is 3.76. The van der Waals surface area contributed by atoms with Crippen LogP contribution in [0.25, 0.3) is 0 Å². The third-order valence-corrected chi connectivity index (χ3v) is 3.76. The van der Waals surface area contributed by atoms with Gasteiger partial charge in [0.2, 0.25) is 0 Å². The molecule has 0 saturated carbocycles. The Morgan fingerprint density at radius 2 is 1.00 bits per heavy atom. The molecule has 142 valence electrons. The van der Waals surface area contributed by atoms with Crippen LogP contribution in [0.15, 0.2) is 12.7 Å².